The predicted octanol–water partition coefficient (Wildman–Crippen LogP) is 2.03. The van der Waals surface area contributed by atoms with Crippen molar-refractivity contribution >= 4 is 16.9 Å². The van der Waals surface area contributed by atoms with Crippen LogP contribution in [0.15, 0.2) is 6.07 Å². The summed E-state index contributed by atoms with van der Waals surface area (Å²) in [4.78, 5) is 24.2. The average Bonchev–Trinajstić information content (AvgIpc) is 3.17. The Kier molecular flexibility index (Phi) is 3.97. The van der Waals surface area contributed by atoms with Crippen molar-refractivity contribution in [3.05, 3.63) is 34.7 Å². The minimum absolute atomic E-state index is 0.0357. The van der Waals surface area contributed by atoms with Crippen LogP contribution in [0.3, 0.4) is 0 Å². The van der Waals surface area contributed by atoms with Crippen molar-refractivity contribution in [2.75, 3.05) is 13.1 Å². The zero-order chi connectivity index (χ0) is 18.4. The van der Waals surface area contributed by atoms with E-state index < -0.39 is 0 Å². The Morgan fingerprint density at radius 2 is 2.08 bits per heavy atom. The van der Waals surface area contributed by atoms with Crippen LogP contribution in [-0.2, 0) is 7.05 Å². The molecule has 0 unspecified atom stereocenters. The number of nitrogens with zero attached hydrogens (tertiary/aromatic N) is 6. The molecule has 1 saturated heterocycles. The van der Waals surface area contributed by atoms with E-state index in [4.69, 9.17) is 0 Å². The van der Waals surface area contributed by atoms with Gasteiger partial charge in [0.2, 0.25) is 0 Å². The molecule has 1 aliphatic heterocycles. The number of pyridine rings is 1. The molecule has 0 spiro atoms. The molecule has 0 radical (unpaired) electrons. The lowest BCUT2D eigenvalue weighted by Crippen LogP contribution is -2.39. The van der Waals surface area contributed by atoms with E-state index >= 15 is 0 Å². The maximum absolute atomic E-state index is 13.3. The Hall–Kier alpha value is -2.77. The van der Waals surface area contributed by atoms with Gasteiger partial charge in [-0.2, -0.15) is 10.2 Å². The number of hydrogen-bond acceptors (Lipinski definition) is 5. The third-order valence-electron chi connectivity index (χ3n) is 5.02. The summed E-state index contributed by atoms with van der Waals surface area (Å²) in [5, 5.41) is 12.5. The number of likely N-dealkylation sites (tertiary alicyclic amines) is 1. The minimum atomic E-state index is 0.0357. The molecule has 8 heteroatoms. The molecular formula is C18H23N7O. The number of hydrogen-bond donors (Lipinski definition) is 1. The van der Waals surface area contributed by atoms with Gasteiger partial charge >= 0.3 is 0 Å². The third-order valence-corrected chi connectivity index (χ3v) is 5.02. The lowest BCUT2D eigenvalue weighted by atomic mass is 9.96. The maximum Gasteiger partial charge on any atom is 0.254 e. The van der Waals surface area contributed by atoms with Crippen molar-refractivity contribution in [3.63, 3.8) is 0 Å². The molecule has 3 aromatic heterocycles. The first kappa shape index (κ1) is 16.7. The Bertz CT molecular complexity index is 987. The first-order valence-corrected chi connectivity index (χ1v) is 8.93. The number of aromatic nitrogens is 6. The summed E-state index contributed by atoms with van der Waals surface area (Å²) in [6.45, 7) is 7.11. The van der Waals surface area contributed by atoms with Crippen LogP contribution in [0.2, 0.25) is 0 Å². The van der Waals surface area contributed by atoms with E-state index in [0.717, 1.165) is 53.5 Å². The topological polar surface area (TPSA) is 92.6 Å². The molecular weight excluding hydrogens is 330 g/mol. The summed E-state index contributed by atoms with van der Waals surface area (Å²) in [7, 11) is 1.86. The SMILES string of the molecule is Cc1cc(C(=O)N2CCC[C@H](c3n[nH]c(C)n3)C2)c2c(C)nn(C)c2n1. The quantitative estimate of drug-likeness (QED) is 0.761. The van der Waals surface area contributed by atoms with Gasteiger partial charge in [-0.25, -0.2) is 9.97 Å². The van der Waals surface area contributed by atoms with Crippen LogP contribution in [0.25, 0.3) is 11.0 Å². The van der Waals surface area contributed by atoms with Crippen molar-refractivity contribution in [2.24, 2.45) is 7.05 Å². The molecule has 1 aliphatic rings. The monoisotopic (exact) mass is 353 g/mol. The third kappa shape index (κ3) is 2.75. The highest BCUT2D eigenvalue weighted by Crippen LogP contribution is 2.28. The summed E-state index contributed by atoms with van der Waals surface area (Å²) >= 11 is 0. The second kappa shape index (κ2) is 6.19. The second-order valence-electron chi connectivity index (χ2n) is 7.09. The Balaban J connectivity index is 1.68. The van der Waals surface area contributed by atoms with Crippen LogP contribution in [0, 0.1) is 20.8 Å². The van der Waals surface area contributed by atoms with Crippen molar-refractivity contribution < 1.29 is 4.79 Å². The molecule has 136 valence electrons. The van der Waals surface area contributed by atoms with Gasteiger partial charge in [0, 0.05) is 31.7 Å². The van der Waals surface area contributed by atoms with Crippen molar-refractivity contribution in [2.45, 2.75) is 39.5 Å². The Morgan fingerprint density at radius 3 is 2.81 bits per heavy atom. The summed E-state index contributed by atoms with van der Waals surface area (Å²) in [5.74, 6) is 1.81. The molecule has 1 atom stereocenters. The van der Waals surface area contributed by atoms with Crippen LogP contribution < -0.4 is 0 Å². The highest BCUT2D eigenvalue weighted by molar-refractivity contribution is 6.06. The van der Waals surface area contributed by atoms with Crippen molar-refractivity contribution in [1.82, 2.24) is 34.8 Å². The van der Waals surface area contributed by atoms with Crippen molar-refractivity contribution in [1.29, 1.82) is 0 Å². The number of aryl methyl sites for hydroxylation is 4. The fourth-order valence-corrected chi connectivity index (χ4v) is 3.82. The van der Waals surface area contributed by atoms with Gasteiger partial charge in [-0.1, -0.05) is 0 Å². The molecule has 8 nitrogen and oxygen atoms in total. The van der Waals surface area contributed by atoms with Gasteiger partial charge in [0.1, 0.15) is 5.82 Å². The number of piperidine rings is 1. The van der Waals surface area contributed by atoms with E-state index in [2.05, 4.69) is 25.3 Å². The molecule has 1 amide bonds. The summed E-state index contributed by atoms with van der Waals surface area (Å²) in [6, 6.07) is 1.87. The van der Waals surface area contributed by atoms with Crippen LogP contribution >= 0.6 is 0 Å². The lowest BCUT2D eigenvalue weighted by Gasteiger charge is -2.31. The van der Waals surface area contributed by atoms with Gasteiger partial charge < -0.3 is 4.90 Å². The molecule has 4 heterocycles. The van der Waals surface area contributed by atoms with Gasteiger partial charge in [0.05, 0.1) is 16.6 Å². The van der Waals surface area contributed by atoms with E-state index in [9.17, 15) is 4.79 Å². The summed E-state index contributed by atoms with van der Waals surface area (Å²) in [5.41, 5.74) is 3.09. The number of aromatic amines is 1. The molecule has 1 N–H and O–H groups in total. The van der Waals surface area contributed by atoms with E-state index in [0.29, 0.717) is 12.1 Å². The normalized spacial score (nSPS) is 17.8. The van der Waals surface area contributed by atoms with E-state index in [1.165, 1.54) is 0 Å². The zero-order valence-electron chi connectivity index (χ0n) is 15.6. The molecule has 0 aromatic carbocycles. The number of fused-ring (bicyclic) bond motifs is 1. The first-order valence-electron chi connectivity index (χ1n) is 8.93. The molecule has 26 heavy (non-hydrogen) atoms. The first-order chi connectivity index (χ1) is 12.4. The number of amides is 1. The molecule has 0 saturated carbocycles. The molecule has 0 bridgehead atoms. The summed E-state index contributed by atoms with van der Waals surface area (Å²) in [6.07, 6.45) is 1.95. The zero-order valence-corrected chi connectivity index (χ0v) is 15.6. The number of rotatable bonds is 2. The van der Waals surface area contributed by atoms with E-state index in [1.807, 2.05) is 38.8 Å². The molecule has 4 rings (SSSR count). The Labute approximate surface area is 151 Å². The average molecular weight is 353 g/mol. The van der Waals surface area contributed by atoms with Crippen LogP contribution in [0.5, 0.6) is 0 Å². The van der Waals surface area contributed by atoms with E-state index in [1.54, 1.807) is 4.68 Å². The number of carbonyl (C=O) groups is 1. The summed E-state index contributed by atoms with van der Waals surface area (Å²) < 4.78 is 1.74. The fraction of sp³-hybridized carbons (Fsp3) is 0.500. The lowest BCUT2D eigenvalue weighted by molar-refractivity contribution is 0.0706. The van der Waals surface area contributed by atoms with Gasteiger partial charge in [-0.05, 0) is 39.7 Å². The van der Waals surface area contributed by atoms with Gasteiger partial charge in [0.25, 0.3) is 5.91 Å². The largest absolute Gasteiger partial charge is 0.338 e. The smallest absolute Gasteiger partial charge is 0.254 e. The maximum atomic E-state index is 13.3. The highest BCUT2D eigenvalue weighted by Gasteiger charge is 2.29. The predicted molar refractivity (Wildman–Crippen MR) is 97.0 cm³/mol. The molecule has 1 fully saturated rings. The minimum Gasteiger partial charge on any atom is -0.338 e. The highest BCUT2D eigenvalue weighted by atomic mass is 16.2. The number of carbonyl (C=O) groups excluding carboxylic acids is 1. The van der Waals surface area contributed by atoms with E-state index in [-0.39, 0.29) is 11.8 Å². The van der Waals surface area contributed by atoms with Gasteiger partial charge in [0.15, 0.2) is 11.5 Å². The number of H-pyrrole nitrogens is 1. The van der Waals surface area contributed by atoms with Crippen LogP contribution in [-0.4, -0.2) is 53.8 Å². The second-order valence-corrected chi connectivity index (χ2v) is 7.09. The van der Waals surface area contributed by atoms with Crippen molar-refractivity contribution in [3.8, 4) is 0 Å². The van der Waals surface area contributed by atoms with Gasteiger partial charge in [-0.15, -0.1) is 0 Å². The molecule has 3 aromatic rings. The van der Waals surface area contributed by atoms with Gasteiger partial charge in [-0.3, -0.25) is 14.6 Å². The Morgan fingerprint density at radius 1 is 1.27 bits per heavy atom. The number of nitrogens with one attached hydrogen (secondary N) is 1. The molecule has 0 aliphatic carbocycles. The fourth-order valence-electron chi connectivity index (χ4n) is 3.82. The van der Waals surface area contributed by atoms with Crippen LogP contribution in [0.4, 0.5) is 0 Å². The van der Waals surface area contributed by atoms with Crippen LogP contribution in [0.1, 0.15) is 52.2 Å². The standard InChI is InChI=1S/C18H23N7O/c1-10-8-14(15-11(2)23-24(4)17(15)19-10)18(26)25-7-5-6-13(9-25)16-20-12(3)21-22-16/h8,13H,5-7,9H2,1-4H3,(H,20,21,22)/t13-/m0/s1.